The summed E-state index contributed by atoms with van der Waals surface area (Å²) in [5, 5.41) is 3.95. The Balaban J connectivity index is 1.94. The van der Waals surface area contributed by atoms with Gasteiger partial charge in [-0.25, -0.2) is 0 Å². The fourth-order valence-corrected chi connectivity index (χ4v) is 3.35. The van der Waals surface area contributed by atoms with Gasteiger partial charge in [-0.2, -0.15) is 0 Å². The molecule has 1 heterocycles. The number of allylic oxidation sites excluding steroid dienone is 2. The van der Waals surface area contributed by atoms with Gasteiger partial charge < -0.3 is 5.32 Å². The van der Waals surface area contributed by atoms with E-state index in [4.69, 9.17) is 11.6 Å². The standard InChI is InChI=1S/C17H14ClNOS/c1-10-3-5-12(6-4-10)16(20)17-11(2)19-14-9-13(18)7-8-15(14)21-17/h3-9,19H,1-2H3. The highest BCUT2D eigenvalue weighted by atomic mass is 35.5. The van der Waals surface area contributed by atoms with Gasteiger partial charge in [0.1, 0.15) is 0 Å². The lowest BCUT2D eigenvalue weighted by Crippen LogP contribution is -2.12. The van der Waals surface area contributed by atoms with Crippen molar-refractivity contribution in [1.29, 1.82) is 0 Å². The van der Waals surface area contributed by atoms with Crippen LogP contribution in [0.3, 0.4) is 0 Å². The van der Waals surface area contributed by atoms with Crippen LogP contribution in [-0.4, -0.2) is 5.78 Å². The van der Waals surface area contributed by atoms with Gasteiger partial charge in [0.2, 0.25) is 5.78 Å². The second-order valence-electron chi connectivity index (χ2n) is 5.02. The quantitative estimate of drug-likeness (QED) is 0.764. The average Bonchev–Trinajstić information content (AvgIpc) is 2.46. The number of halogens is 1. The number of hydrogen-bond donors (Lipinski definition) is 1. The Labute approximate surface area is 133 Å². The molecule has 0 fully saturated rings. The maximum absolute atomic E-state index is 12.7. The van der Waals surface area contributed by atoms with Gasteiger partial charge in [-0.05, 0) is 32.0 Å². The van der Waals surface area contributed by atoms with Crippen molar-refractivity contribution in [3.8, 4) is 0 Å². The number of ketones is 1. The highest BCUT2D eigenvalue weighted by molar-refractivity contribution is 8.04. The molecule has 0 amide bonds. The van der Waals surface area contributed by atoms with Crippen LogP contribution in [0.5, 0.6) is 0 Å². The molecular weight excluding hydrogens is 302 g/mol. The van der Waals surface area contributed by atoms with E-state index in [0.29, 0.717) is 10.6 Å². The molecule has 0 aliphatic carbocycles. The second kappa shape index (κ2) is 5.58. The van der Waals surface area contributed by atoms with Gasteiger partial charge in [0.15, 0.2) is 0 Å². The third-order valence-electron chi connectivity index (χ3n) is 3.34. The van der Waals surface area contributed by atoms with E-state index in [1.54, 1.807) is 0 Å². The Morgan fingerprint density at radius 2 is 1.81 bits per heavy atom. The number of carbonyl (C=O) groups excluding carboxylic acids is 1. The monoisotopic (exact) mass is 315 g/mol. The molecule has 2 aromatic rings. The Kier molecular flexibility index (Phi) is 3.79. The molecule has 2 nitrogen and oxygen atoms in total. The molecule has 1 N–H and O–H groups in total. The van der Waals surface area contributed by atoms with Crippen LogP contribution in [0.1, 0.15) is 22.8 Å². The van der Waals surface area contributed by atoms with Crippen molar-refractivity contribution in [2.75, 3.05) is 5.32 Å². The number of carbonyl (C=O) groups is 1. The smallest absolute Gasteiger partial charge is 0.201 e. The van der Waals surface area contributed by atoms with Gasteiger partial charge in [0.05, 0.1) is 10.6 Å². The summed E-state index contributed by atoms with van der Waals surface area (Å²) in [6, 6.07) is 13.3. The molecule has 0 bridgehead atoms. The molecule has 106 valence electrons. The molecule has 1 aliphatic heterocycles. The van der Waals surface area contributed by atoms with E-state index in [0.717, 1.165) is 26.7 Å². The van der Waals surface area contributed by atoms with Gasteiger partial charge >= 0.3 is 0 Å². The van der Waals surface area contributed by atoms with Crippen LogP contribution >= 0.6 is 23.4 Å². The first kappa shape index (κ1) is 14.2. The van der Waals surface area contributed by atoms with Crippen molar-refractivity contribution in [3.05, 3.63) is 69.2 Å². The zero-order chi connectivity index (χ0) is 15.0. The van der Waals surface area contributed by atoms with Gasteiger partial charge in [-0.1, -0.05) is 53.2 Å². The lowest BCUT2D eigenvalue weighted by atomic mass is 10.1. The van der Waals surface area contributed by atoms with Gasteiger partial charge in [-0.3, -0.25) is 4.79 Å². The van der Waals surface area contributed by atoms with Crippen LogP contribution in [0.4, 0.5) is 5.69 Å². The van der Waals surface area contributed by atoms with Crippen LogP contribution in [0, 0.1) is 6.92 Å². The predicted molar refractivity (Wildman–Crippen MR) is 89.1 cm³/mol. The molecule has 0 saturated carbocycles. The minimum absolute atomic E-state index is 0.0469. The van der Waals surface area contributed by atoms with Crippen LogP contribution in [0.25, 0.3) is 0 Å². The van der Waals surface area contributed by atoms with Crippen molar-refractivity contribution in [2.24, 2.45) is 0 Å². The highest BCUT2D eigenvalue weighted by Crippen LogP contribution is 2.41. The SMILES string of the molecule is CC1=C(C(=O)c2ccc(C)cc2)Sc2ccc(Cl)cc2N1. The van der Waals surface area contributed by atoms with Gasteiger partial charge in [0, 0.05) is 21.2 Å². The lowest BCUT2D eigenvalue weighted by molar-refractivity contribution is 0.104. The first-order chi connectivity index (χ1) is 10.0. The van der Waals surface area contributed by atoms with Crippen molar-refractivity contribution in [2.45, 2.75) is 18.7 Å². The van der Waals surface area contributed by atoms with E-state index in [-0.39, 0.29) is 5.78 Å². The fourth-order valence-electron chi connectivity index (χ4n) is 2.19. The Bertz CT molecular complexity index is 750. The van der Waals surface area contributed by atoms with E-state index in [9.17, 15) is 4.79 Å². The molecule has 3 rings (SSSR count). The van der Waals surface area contributed by atoms with E-state index in [1.807, 2.05) is 56.3 Å². The largest absolute Gasteiger partial charge is 0.357 e. The van der Waals surface area contributed by atoms with E-state index >= 15 is 0 Å². The number of fused-ring (bicyclic) bond motifs is 1. The maximum Gasteiger partial charge on any atom is 0.201 e. The number of rotatable bonds is 2. The lowest BCUT2D eigenvalue weighted by Gasteiger charge is -2.21. The number of Topliss-reactive ketones (excluding diaryl/α,β-unsaturated/α-hetero) is 1. The van der Waals surface area contributed by atoms with E-state index in [2.05, 4.69) is 5.32 Å². The van der Waals surface area contributed by atoms with E-state index in [1.165, 1.54) is 11.8 Å². The molecule has 4 heteroatoms. The van der Waals surface area contributed by atoms with Crippen molar-refractivity contribution >= 4 is 34.8 Å². The fraction of sp³-hybridized carbons (Fsp3) is 0.118. The predicted octanol–water partition coefficient (Wildman–Crippen LogP) is 5.28. The molecule has 0 aromatic heterocycles. The normalized spacial score (nSPS) is 13.7. The second-order valence-corrected chi connectivity index (χ2v) is 6.51. The number of hydrogen-bond acceptors (Lipinski definition) is 3. The highest BCUT2D eigenvalue weighted by Gasteiger charge is 2.22. The summed E-state index contributed by atoms with van der Waals surface area (Å²) in [5.41, 5.74) is 3.67. The summed E-state index contributed by atoms with van der Waals surface area (Å²) in [5.74, 6) is 0.0469. The zero-order valence-electron chi connectivity index (χ0n) is 11.7. The Hall–Kier alpha value is -1.71. The van der Waals surface area contributed by atoms with Crippen molar-refractivity contribution < 1.29 is 4.79 Å². The van der Waals surface area contributed by atoms with E-state index < -0.39 is 0 Å². The number of anilines is 1. The van der Waals surface area contributed by atoms with Crippen LogP contribution < -0.4 is 5.32 Å². The van der Waals surface area contributed by atoms with Crippen LogP contribution in [0.15, 0.2) is 58.0 Å². The van der Waals surface area contributed by atoms with Gasteiger partial charge in [0.25, 0.3) is 0 Å². The van der Waals surface area contributed by atoms with Crippen molar-refractivity contribution in [3.63, 3.8) is 0 Å². The molecule has 0 saturated heterocycles. The zero-order valence-corrected chi connectivity index (χ0v) is 13.3. The summed E-state index contributed by atoms with van der Waals surface area (Å²) in [7, 11) is 0. The number of benzene rings is 2. The molecular formula is C17H14ClNOS. The summed E-state index contributed by atoms with van der Waals surface area (Å²) in [6.07, 6.45) is 0. The topological polar surface area (TPSA) is 29.1 Å². The Morgan fingerprint density at radius 3 is 2.52 bits per heavy atom. The molecule has 21 heavy (non-hydrogen) atoms. The van der Waals surface area contributed by atoms with Gasteiger partial charge in [-0.15, -0.1) is 0 Å². The first-order valence-corrected chi connectivity index (χ1v) is 7.81. The molecule has 1 aliphatic rings. The van der Waals surface area contributed by atoms with Crippen LogP contribution in [0.2, 0.25) is 5.02 Å². The molecule has 0 unspecified atom stereocenters. The van der Waals surface area contributed by atoms with Crippen molar-refractivity contribution in [1.82, 2.24) is 0 Å². The third-order valence-corrected chi connectivity index (χ3v) is 4.84. The molecule has 0 radical (unpaired) electrons. The average molecular weight is 316 g/mol. The summed E-state index contributed by atoms with van der Waals surface area (Å²) < 4.78 is 0. The van der Waals surface area contributed by atoms with Crippen LogP contribution in [-0.2, 0) is 0 Å². The molecule has 0 spiro atoms. The number of thioether (sulfide) groups is 1. The number of aryl methyl sites for hydroxylation is 1. The summed E-state index contributed by atoms with van der Waals surface area (Å²) >= 11 is 7.49. The minimum Gasteiger partial charge on any atom is -0.357 e. The summed E-state index contributed by atoms with van der Waals surface area (Å²) in [4.78, 5) is 14.4. The molecule has 0 atom stereocenters. The third kappa shape index (κ3) is 2.85. The Morgan fingerprint density at radius 1 is 1.10 bits per heavy atom. The molecule has 2 aromatic carbocycles. The summed E-state index contributed by atoms with van der Waals surface area (Å²) in [6.45, 7) is 3.92. The maximum atomic E-state index is 12.7. The number of nitrogens with one attached hydrogen (secondary N) is 1. The minimum atomic E-state index is 0.0469. The first-order valence-electron chi connectivity index (χ1n) is 6.61.